The number of benzene rings is 1. The van der Waals surface area contributed by atoms with Gasteiger partial charge >= 0.3 is 0 Å². The fraction of sp³-hybridized carbons (Fsp3) is 0.667. The van der Waals surface area contributed by atoms with Crippen molar-refractivity contribution in [1.82, 2.24) is 10.6 Å². The van der Waals surface area contributed by atoms with Gasteiger partial charge in [0.2, 0.25) is 0 Å². The van der Waals surface area contributed by atoms with E-state index in [0.29, 0.717) is 13.2 Å². The second kappa shape index (κ2) is 14.2. The average molecular weight is 489 g/mol. The molecule has 0 saturated heterocycles. The van der Waals surface area contributed by atoms with E-state index in [4.69, 9.17) is 14.5 Å². The molecule has 0 aromatic heterocycles. The number of hydrogen-bond acceptors (Lipinski definition) is 3. The zero-order chi connectivity index (χ0) is 18.5. The normalized spacial score (nSPS) is 15.6. The maximum absolute atomic E-state index is 5.49. The van der Waals surface area contributed by atoms with Gasteiger partial charge in [-0.15, -0.1) is 24.0 Å². The Morgan fingerprint density at radius 1 is 1.07 bits per heavy atom. The molecule has 2 N–H and O–H groups in total. The second-order valence-electron chi connectivity index (χ2n) is 6.93. The van der Waals surface area contributed by atoms with Crippen molar-refractivity contribution in [3.05, 3.63) is 35.9 Å². The maximum Gasteiger partial charge on any atom is 0.191 e. The first-order valence-corrected chi connectivity index (χ1v) is 9.95. The van der Waals surface area contributed by atoms with Crippen molar-refractivity contribution in [2.24, 2.45) is 4.99 Å². The molecule has 1 aliphatic carbocycles. The van der Waals surface area contributed by atoms with E-state index >= 15 is 0 Å². The Balaban J connectivity index is 0.00000364. The van der Waals surface area contributed by atoms with Gasteiger partial charge in [-0.1, -0.05) is 36.8 Å². The first-order valence-electron chi connectivity index (χ1n) is 9.95. The molecule has 0 aliphatic heterocycles. The molecule has 0 spiro atoms. The van der Waals surface area contributed by atoms with Crippen LogP contribution in [-0.2, 0) is 14.9 Å². The lowest BCUT2D eigenvalue weighted by molar-refractivity contribution is 0.0689. The Labute approximate surface area is 181 Å². The highest BCUT2D eigenvalue weighted by Crippen LogP contribution is 2.43. The third-order valence-corrected chi connectivity index (χ3v) is 5.02. The summed E-state index contributed by atoms with van der Waals surface area (Å²) >= 11 is 0. The molecule has 27 heavy (non-hydrogen) atoms. The fourth-order valence-corrected chi connectivity index (χ4v) is 3.29. The first kappa shape index (κ1) is 24.2. The van der Waals surface area contributed by atoms with Crippen LogP contribution in [0.25, 0.3) is 0 Å². The van der Waals surface area contributed by atoms with Crippen molar-refractivity contribution < 1.29 is 9.47 Å². The summed E-state index contributed by atoms with van der Waals surface area (Å²) < 4.78 is 10.5. The molecule has 0 atom stereocenters. The number of rotatable bonds is 12. The summed E-state index contributed by atoms with van der Waals surface area (Å²) in [6.07, 6.45) is 5.89. The fourth-order valence-electron chi connectivity index (χ4n) is 3.29. The molecule has 0 amide bonds. The second-order valence-corrected chi connectivity index (χ2v) is 6.93. The van der Waals surface area contributed by atoms with Crippen LogP contribution < -0.4 is 10.6 Å². The molecule has 0 heterocycles. The summed E-state index contributed by atoms with van der Waals surface area (Å²) in [5.41, 5.74) is 1.66. The van der Waals surface area contributed by atoms with E-state index in [9.17, 15) is 0 Å². The number of nitrogens with zero attached hydrogens (tertiary/aromatic N) is 1. The van der Waals surface area contributed by atoms with Crippen molar-refractivity contribution in [1.29, 1.82) is 0 Å². The summed E-state index contributed by atoms with van der Waals surface area (Å²) in [6, 6.07) is 10.9. The highest BCUT2D eigenvalue weighted by Gasteiger charge is 2.38. The number of ether oxygens (including phenoxy) is 2. The summed E-state index contributed by atoms with van der Waals surface area (Å²) in [5.74, 6) is 0.926. The van der Waals surface area contributed by atoms with E-state index in [-0.39, 0.29) is 29.4 Å². The number of hydrogen-bond donors (Lipinski definition) is 2. The Morgan fingerprint density at radius 3 is 2.48 bits per heavy atom. The molecule has 1 aromatic carbocycles. The van der Waals surface area contributed by atoms with Gasteiger partial charge < -0.3 is 20.1 Å². The van der Waals surface area contributed by atoms with Crippen LogP contribution in [-0.4, -0.2) is 52.5 Å². The summed E-state index contributed by atoms with van der Waals surface area (Å²) in [4.78, 5) is 4.89. The Hall–Kier alpha value is -0.860. The van der Waals surface area contributed by atoms with E-state index in [2.05, 4.69) is 47.9 Å². The topological polar surface area (TPSA) is 54.9 Å². The molecule has 1 saturated carbocycles. The number of aliphatic imine (C=N–C) groups is 1. The van der Waals surface area contributed by atoms with Gasteiger partial charge in [-0.05, 0) is 38.2 Å². The summed E-state index contributed by atoms with van der Waals surface area (Å²) in [6.45, 7) is 6.88. The van der Waals surface area contributed by atoms with Crippen LogP contribution in [0.4, 0.5) is 0 Å². The van der Waals surface area contributed by atoms with Gasteiger partial charge in [0, 0.05) is 32.2 Å². The number of nitrogens with one attached hydrogen (secondary N) is 2. The Kier molecular flexibility index (Phi) is 12.7. The monoisotopic (exact) mass is 489 g/mol. The molecule has 154 valence electrons. The highest BCUT2D eigenvalue weighted by molar-refractivity contribution is 14.0. The van der Waals surface area contributed by atoms with Gasteiger partial charge in [0.25, 0.3) is 0 Å². The van der Waals surface area contributed by atoms with E-state index in [1.165, 1.54) is 24.8 Å². The van der Waals surface area contributed by atoms with E-state index < -0.39 is 0 Å². The molecule has 1 aromatic rings. The molecular formula is C21H36IN3O2. The largest absolute Gasteiger partial charge is 0.382 e. The van der Waals surface area contributed by atoms with Gasteiger partial charge in [-0.25, -0.2) is 0 Å². The van der Waals surface area contributed by atoms with Crippen molar-refractivity contribution in [2.75, 3.05) is 46.6 Å². The third kappa shape index (κ3) is 8.35. The number of unbranched alkanes of at least 4 members (excludes halogenated alkanes) is 1. The molecule has 1 fully saturated rings. The number of methoxy groups -OCH3 is 1. The van der Waals surface area contributed by atoms with Crippen LogP contribution in [0.5, 0.6) is 0 Å². The predicted octanol–water partition coefficient (Wildman–Crippen LogP) is 3.72. The quantitative estimate of drug-likeness (QED) is 0.203. The molecule has 0 radical (unpaired) electrons. The van der Waals surface area contributed by atoms with Crippen molar-refractivity contribution in [3.63, 3.8) is 0 Å². The van der Waals surface area contributed by atoms with Gasteiger partial charge in [0.15, 0.2) is 5.96 Å². The van der Waals surface area contributed by atoms with Crippen LogP contribution in [0.1, 0.15) is 44.6 Å². The minimum Gasteiger partial charge on any atom is -0.382 e. The molecule has 0 unspecified atom stereocenters. The molecule has 5 nitrogen and oxygen atoms in total. The first-order chi connectivity index (χ1) is 12.8. The predicted molar refractivity (Wildman–Crippen MR) is 123 cm³/mol. The minimum absolute atomic E-state index is 0. The van der Waals surface area contributed by atoms with E-state index in [1.807, 2.05) is 0 Å². The highest BCUT2D eigenvalue weighted by atomic mass is 127. The summed E-state index contributed by atoms with van der Waals surface area (Å²) in [7, 11) is 1.69. The van der Waals surface area contributed by atoms with Crippen molar-refractivity contribution in [3.8, 4) is 0 Å². The SMILES string of the molecule is CCNC(=NCC1(c2ccccc2)CCC1)NCCCCOCCOC.I. The lowest BCUT2D eigenvalue weighted by Crippen LogP contribution is -2.42. The lowest BCUT2D eigenvalue weighted by Gasteiger charge is -2.41. The van der Waals surface area contributed by atoms with Gasteiger partial charge in [-0.3, -0.25) is 4.99 Å². The van der Waals surface area contributed by atoms with Gasteiger partial charge in [-0.2, -0.15) is 0 Å². The molecule has 0 bridgehead atoms. The maximum atomic E-state index is 5.49. The van der Waals surface area contributed by atoms with Crippen LogP contribution >= 0.6 is 24.0 Å². The van der Waals surface area contributed by atoms with Gasteiger partial charge in [0.05, 0.1) is 19.8 Å². The minimum atomic E-state index is 0. The standard InChI is InChI=1S/C21H35N3O2.HI/c1-3-22-20(23-14-7-8-15-26-17-16-25-2)24-18-21(12-9-13-21)19-10-5-4-6-11-19;/h4-6,10-11H,3,7-9,12-18H2,1-2H3,(H2,22,23,24);1H. The number of guanidine groups is 1. The summed E-state index contributed by atoms with van der Waals surface area (Å²) in [5, 5.41) is 6.82. The van der Waals surface area contributed by atoms with E-state index in [0.717, 1.165) is 45.0 Å². The average Bonchev–Trinajstić information content (AvgIpc) is 2.63. The molecule has 6 heteroatoms. The Bertz CT molecular complexity index is 521. The van der Waals surface area contributed by atoms with Crippen molar-refractivity contribution >= 4 is 29.9 Å². The molecule has 1 aliphatic rings. The van der Waals surface area contributed by atoms with Gasteiger partial charge in [0.1, 0.15) is 0 Å². The van der Waals surface area contributed by atoms with Crippen LogP contribution in [0, 0.1) is 0 Å². The number of halogens is 1. The zero-order valence-electron chi connectivity index (χ0n) is 16.8. The smallest absolute Gasteiger partial charge is 0.191 e. The Morgan fingerprint density at radius 2 is 1.85 bits per heavy atom. The van der Waals surface area contributed by atoms with Crippen LogP contribution in [0.3, 0.4) is 0 Å². The molecule has 2 rings (SSSR count). The third-order valence-electron chi connectivity index (χ3n) is 5.02. The lowest BCUT2D eigenvalue weighted by atomic mass is 9.64. The van der Waals surface area contributed by atoms with Crippen LogP contribution in [0.2, 0.25) is 0 Å². The van der Waals surface area contributed by atoms with Crippen molar-refractivity contribution in [2.45, 2.75) is 44.4 Å². The molecular weight excluding hydrogens is 453 g/mol. The van der Waals surface area contributed by atoms with E-state index in [1.54, 1.807) is 7.11 Å². The zero-order valence-corrected chi connectivity index (χ0v) is 19.2. The van der Waals surface area contributed by atoms with Crippen LogP contribution in [0.15, 0.2) is 35.3 Å².